The number of hydrogen-bond donors (Lipinski definition) is 4. The third-order valence-electron chi connectivity index (χ3n) is 3.47. The second-order valence-electron chi connectivity index (χ2n) is 4.87. The molecule has 2 rings (SSSR count). The van der Waals surface area contributed by atoms with E-state index in [4.69, 9.17) is 10.0 Å². The molecule has 2 atom stereocenters. The summed E-state index contributed by atoms with van der Waals surface area (Å²) in [6.07, 6.45) is 4.04. The fraction of sp³-hybridized carbons (Fsp3) is 0.909. The minimum atomic E-state index is -1.16. The quantitative estimate of drug-likeness (QED) is 0.352. The summed E-state index contributed by atoms with van der Waals surface area (Å²) in [5.41, 5.74) is 0. The molecule has 0 spiro atoms. The normalized spacial score (nSPS) is 27.7. The minimum absolute atomic E-state index is 0.0231. The van der Waals surface area contributed by atoms with Crippen molar-refractivity contribution in [2.24, 2.45) is 0 Å². The van der Waals surface area contributed by atoms with Crippen molar-refractivity contribution in [2.45, 2.75) is 31.2 Å². The highest BCUT2D eigenvalue weighted by Crippen LogP contribution is 2.14. The SMILES string of the molecule is CN1CCCC1B(O)O.O=CCNC1CCNC1. The molecular weight excluding hydrogens is 233 g/mol. The molecule has 0 aromatic rings. The van der Waals surface area contributed by atoms with Crippen LogP contribution >= 0.6 is 0 Å². The predicted octanol–water partition coefficient (Wildman–Crippen LogP) is -1.77. The second kappa shape index (κ2) is 8.60. The maximum atomic E-state index is 9.88. The number of carbonyl (C=O) groups excluding carboxylic acids is 1. The highest BCUT2D eigenvalue weighted by atomic mass is 16.4. The van der Waals surface area contributed by atoms with Gasteiger partial charge < -0.3 is 30.4 Å². The Balaban J connectivity index is 0.000000180. The summed E-state index contributed by atoms with van der Waals surface area (Å²) in [7, 11) is 0.759. The molecule has 2 aliphatic heterocycles. The molecule has 2 fully saturated rings. The Kier molecular flexibility index (Phi) is 7.45. The monoisotopic (exact) mass is 257 g/mol. The van der Waals surface area contributed by atoms with Gasteiger partial charge in [-0.15, -0.1) is 0 Å². The maximum absolute atomic E-state index is 9.88. The number of rotatable bonds is 4. The fourth-order valence-corrected chi connectivity index (χ4v) is 2.36. The van der Waals surface area contributed by atoms with E-state index in [0.29, 0.717) is 12.6 Å². The predicted molar refractivity (Wildman–Crippen MR) is 71.2 cm³/mol. The Morgan fingerprint density at radius 1 is 1.50 bits per heavy atom. The molecule has 7 heteroatoms. The van der Waals surface area contributed by atoms with Gasteiger partial charge >= 0.3 is 7.12 Å². The topological polar surface area (TPSA) is 84.8 Å². The number of nitrogens with zero attached hydrogens (tertiary/aromatic N) is 1. The maximum Gasteiger partial charge on any atom is 0.469 e. The molecule has 0 saturated carbocycles. The fourth-order valence-electron chi connectivity index (χ4n) is 2.36. The minimum Gasteiger partial charge on any atom is -0.426 e. The number of likely N-dealkylation sites (tertiary alicyclic amines) is 1. The lowest BCUT2D eigenvalue weighted by atomic mass is 9.78. The molecule has 0 amide bonds. The van der Waals surface area contributed by atoms with Gasteiger partial charge in [-0.05, 0) is 39.4 Å². The first kappa shape index (κ1) is 15.6. The van der Waals surface area contributed by atoms with Crippen LogP contribution in [0.5, 0.6) is 0 Å². The van der Waals surface area contributed by atoms with Crippen LogP contribution < -0.4 is 10.6 Å². The first-order valence-electron chi connectivity index (χ1n) is 6.59. The Labute approximate surface area is 109 Å². The van der Waals surface area contributed by atoms with E-state index in [2.05, 4.69) is 10.6 Å². The molecule has 0 aliphatic carbocycles. The van der Waals surface area contributed by atoms with Crippen LogP contribution in [-0.4, -0.2) is 73.6 Å². The summed E-state index contributed by atoms with van der Waals surface area (Å²) in [5, 5.41) is 23.8. The zero-order valence-electron chi connectivity index (χ0n) is 11.0. The molecule has 2 aliphatic rings. The van der Waals surface area contributed by atoms with Crippen molar-refractivity contribution in [2.75, 3.05) is 33.2 Å². The molecule has 4 N–H and O–H groups in total. The Bertz CT molecular complexity index is 238. The van der Waals surface area contributed by atoms with E-state index in [1.165, 1.54) is 0 Å². The lowest BCUT2D eigenvalue weighted by Gasteiger charge is -2.17. The van der Waals surface area contributed by atoms with Gasteiger partial charge in [0.25, 0.3) is 0 Å². The van der Waals surface area contributed by atoms with Gasteiger partial charge in [-0.1, -0.05) is 0 Å². The second-order valence-corrected chi connectivity index (χ2v) is 4.87. The van der Waals surface area contributed by atoms with E-state index in [1.807, 2.05) is 11.9 Å². The van der Waals surface area contributed by atoms with Crippen LogP contribution in [0.4, 0.5) is 0 Å². The largest absolute Gasteiger partial charge is 0.469 e. The van der Waals surface area contributed by atoms with Crippen molar-refractivity contribution in [1.82, 2.24) is 15.5 Å². The molecule has 2 unspecified atom stereocenters. The van der Waals surface area contributed by atoms with Crippen molar-refractivity contribution in [3.63, 3.8) is 0 Å². The van der Waals surface area contributed by atoms with Gasteiger partial charge in [0.1, 0.15) is 6.29 Å². The average molecular weight is 257 g/mol. The molecule has 104 valence electrons. The van der Waals surface area contributed by atoms with Crippen LogP contribution in [0.25, 0.3) is 0 Å². The first-order valence-corrected chi connectivity index (χ1v) is 6.59. The molecule has 0 aromatic heterocycles. The molecule has 6 nitrogen and oxygen atoms in total. The lowest BCUT2D eigenvalue weighted by Crippen LogP contribution is -2.39. The molecule has 18 heavy (non-hydrogen) atoms. The van der Waals surface area contributed by atoms with Crippen molar-refractivity contribution < 1.29 is 14.8 Å². The van der Waals surface area contributed by atoms with E-state index >= 15 is 0 Å². The highest BCUT2D eigenvalue weighted by Gasteiger charge is 2.30. The smallest absolute Gasteiger partial charge is 0.426 e. The van der Waals surface area contributed by atoms with Gasteiger partial charge in [-0.25, -0.2) is 0 Å². The molecular formula is C11H24BN3O3. The Morgan fingerprint density at radius 2 is 2.28 bits per heavy atom. The molecule has 0 aromatic carbocycles. The summed E-state index contributed by atoms with van der Waals surface area (Å²) in [5.74, 6) is -0.0231. The Hall–Kier alpha value is -0.465. The number of hydrogen-bond acceptors (Lipinski definition) is 6. The standard InChI is InChI=1S/C6H12N2O.C5H12BNO2/c9-4-3-8-6-1-2-7-5-6;1-7-4-2-3-5(7)6(8)9/h4,6-8H,1-3,5H2;5,8-9H,2-4H2,1H3. The van der Waals surface area contributed by atoms with E-state index in [9.17, 15) is 4.79 Å². The summed E-state index contributed by atoms with van der Waals surface area (Å²) in [4.78, 5) is 11.9. The van der Waals surface area contributed by atoms with E-state index in [1.54, 1.807) is 0 Å². The Morgan fingerprint density at radius 3 is 2.67 bits per heavy atom. The lowest BCUT2D eigenvalue weighted by molar-refractivity contribution is -0.107. The first-order chi connectivity index (χ1) is 8.65. The summed E-state index contributed by atoms with van der Waals surface area (Å²) in [6.45, 7) is 3.57. The number of aldehydes is 1. The number of carbonyl (C=O) groups is 1. The van der Waals surface area contributed by atoms with Crippen molar-refractivity contribution in [3.05, 3.63) is 0 Å². The van der Waals surface area contributed by atoms with Crippen molar-refractivity contribution >= 4 is 13.4 Å². The van der Waals surface area contributed by atoms with Crippen LogP contribution in [0, 0.1) is 0 Å². The molecule has 2 saturated heterocycles. The van der Waals surface area contributed by atoms with E-state index < -0.39 is 7.12 Å². The van der Waals surface area contributed by atoms with Crippen molar-refractivity contribution in [3.8, 4) is 0 Å². The van der Waals surface area contributed by atoms with Crippen LogP contribution in [0.2, 0.25) is 0 Å². The summed E-state index contributed by atoms with van der Waals surface area (Å²) < 4.78 is 0. The van der Waals surface area contributed by atoms with Gasteiger partial charge in [0, 0.05) is 18.5 Å². The number of nitrogens with one attached hydrogen (secondary N) is 2. The third-order valence-corrected chi connectivity index (χ3v) is 3.47. The van der Waals surface area contributed by atoms with Gasteiger partial charge in [0.15, 0.2) is 0 Å². The van der Waals surface area contributed by atoms with Gasteiger partial charge in [-0.3, -0.25) is 0 Å². The highest BCUT2D eigenvalue weighted by molar-refractivity contribution is 6.43. The van der Waals surface area contributed by atoms with E-state index in [-0.39, 0.29) is 5.94 Å². The van der Waals surface area contributed by atoms with Crippen LogP contribution in [-0.2, 0) is 4.79 Å². The average Bonchev–Trinajstić information content (AvgIpc) is 2.97. The van der Waals surface area contributed by atoms with Crippen LogP contribution in [0.1, 0.15) is 19.3 Å². The van der Waals surface area contributed by atoms with Gasteiger partial charge in [0.05, 0.1) is 6.54 Å². The third kappa shape index (κ3) is 5.45. The summed E-state index contributed by atoms with van der Waals surface area (Å²) >= 11 is 0. The molecule has 0 radical (unpaired) electrons. The van der Waals surface area contributed by atoms with Gasteiger partial charge in [-0.2, -0.15) is 0 Å². The van der Waals surface area contributed by atoms with Crippen LogP contribution in [0.3, 0.4) is 0 Å². The molecule has 0 bridgehead atoms. The van der Waals surface area contributed by atoms with E-state index in [0.717, 1.165) is 45.2 Å². The van der Waals surface area contributed by atoms with Gasteiger partial charge in [0.2, 0.25) is 0 Å². The van der Waals surface area contributed by atoms with Crippen LogP contribution in [0.15, 0.2) is 0 Å². The molecule has 2 heterocycles. The summed E-state index contributed by atoms with van der Waals surface area (Å²) in [6, 6.07) is 0.523. The van der Waals surface area contributed by atoms with Crippen molar-refractivity contribution in [1.29, 1.82) is 0 Å². The zero-order valence-corrected chi connectivity index (χ0v) is 11.0. The zero-order chi connectivity index (χ0) is 13.4.